The van der Waals surface area contributed by atoms with Crippen LogP contribution in [0.4, 0.5) is 4.39 Å². The van der Waals surface area contributed by atoms with Crippen molar-refractivity contribution in [1.29, 1.82) is 0 Å². The number of hydrogen-bond acceptors (Lipinski definition) is 6. The van der Waals surface area contributed by atoms with Gasteiger partial charge in [0.25, 0.3) is 0 Å². The Balaban J connectivity index is 1.15. The predicted molar refractivity (Wildman–Crippen MR) is 157 cm³/mol. The number of nitrogens with zero attached hydrogens (tertiary/aromatic N) is 3. The molecular weight excluding hydrogens is 559 g/mol. The van der Waals surface area contributed by atoms with Crippen LogP contribution in [-0.2, 0) is 42.1 Å². The van der Waals surface area contributed by atoms with Crippen molar-refractivity contribution < 1.29 is 23.4 Å². The number of carbonyl (C=O) groups excluding carboxylic acids is 1. The molecule has 216 valence electrons. The number of methoxy groups -OCH3 is 1. The van der Waals surface area contributed by atoms with Crippen LogP contribution in [-0.4, -0.2) is 51.8 Å². The van der Waals surface area contributed by atoms with Gasteiger partial charge in [0, 0.05) is 47.8 Å². The number of nitrogens with one attached hydrogen (secondary N) is 1. The van der Waals surface area contributed by atoms with Crippen LogP contribution >= 0.6 is 11.6 Å². The maximum absolute atomic E-state index is 14.3. The molecule has 2 aromatic heterocycles. The average Bonchev–Trinajstić information content (AvgIpc) is 3.51. The van der Waals surface area contributed by atoms with E-state index in [1.54, 1.807) is 18.2 Å². The maximum atomic E-state index is 14.3. The Hall–Kier alpha value is -3.92. The molecule has 42 heavy (non-hydrogen) atoms. The van der Waals surface area contributed by atoms with Crippen molar-refractivity contribution in [3.05, 3.63) is 93.6 Å². The number of carbonyl (C=O) groups is 1. The number of fused-ring (bicyclic) bond motifs is 4. The lowest BCUT2D eigenvalue weighted by Gasteiger charge is -2.29. The first-order valence-electron chi connectivity index (χ1n) is 14.1. The van der Waals surface area contributed by atoms with Gasteiger partial charge < -0.3 is 23.8 Å². The number of ether oxygens (including phenoxy) is 3. The molecule has 1 N–H and O–H groups in total. The lowest BCUT2D eigenvalue weighted by atomic mass is 10.0. The van der Waals surface area contributed by atoms with E-state index in [2.05, 4.69) is 20.5 Å². The van der Waals surface area contributed by atoms with E-state index in [-0.39, 0.29) is 24.5 Å². The van der Waals surface area contributed by atoms with Gasteiger partial charge in [-0.3, -0.25) is 4.90 Å². The number of aromatic amines is 1. The highest BCUT2D eigenvalue weighted by atomic mass is 35.5. The Labute approximate surface area is 246 Å². The van der Waals surface area contributed by atoms with Crippen LogP contribution in [0.1, 0.15) is 39.4 Å². The largest absolute Gasteiger partial charge is 0.487 e. The second-order valence-electron chi connectivity index (χ2n) is 10.9. The summed E-state index contributed by atoms with van der Waals surface area (Å²) in [6.07, 6.45) is 2.00. The highest BCUT2D eigenvalue weighted by Gasteiger charge is 2.26. The van der Waals surface area contributed by atoms with E-state index in [1.165, 1.54) is 24.4 Å². The molecule has 3 aromatic carbocycles. The molecule has 0 bridgehead atoms. The molecule has 0 aliphatic carbocycles. The number of para-hydroxylation sites is 1. The second-order valence-corrected chi connectivity index (χ2v) is 11.3. The molecular formula is C32H30ClFN4O4. The number of hydrogen-bond donors (Lipinski definition) is 1. The van der Waals surface area contributed by atoms with Crippen molar-refractivity contribution in [3.8, 4) is 5.75 Å². The van der Waals surface area contributed by atoms with E-state index in [1.807, 2.05) is 24.3 Å². The van der Waals surface area contributed by atoms with E-state index in [9.17, 15) is 9.18 Å². The Kier molecular flexibility index (Phi) is 7.09. The van der Waals surface area contributed by atoms with Gasteiger partial charge in [0.1, 0.15) is 24.0 Å². The Bertz CT molecular complexity index is 1810. The maximum Gasteiger partial charge on any atom is 0.337 e. The minimum atomic E-state index is -0.382. The monoisotopic (exact) mass is 588 g/mol. The first-order chi connectivity index (χ1) is 20.5. The number of imidazole rings is 1. The van der Waals surface area contributed by atoms with Gasteiger partial charge in [0.05, 0.1) is 48.4 Å². The zero-order valence-corrected chi connectivity index (χ0v) is 23.9. The molecule has 7 rings (SSSR count). The van der Waals surface area contributed by atoms with Crippen molar-refractivity contribution in [1.82, 2.24) is 19.4 Å². The standard InChI is InChI=1S/C32H30ClFN4O4/c1-40-32(39)19-6-8-27-28(13-19)38(15-22-10-12-41-22)30(35-27)17-37-11-9-26-24(16-37)23-3-2-4-29(31(23)36-26)42-18-20-5-7-21(33)14-25(20)34/h2-8,13-14,22,36H,9-12,15-18H2,1H3/t22-/m0/s1. The quantitative estimate of drug-likeness (QED) is 0.223. The normalized spacial score (nSPS) is 16.9. The molecule has 0 amide bonds. The van der Waals surface area contributed by atoms with Crippen LogP contribution in [0.25, 0.3) is 21.9 Å². The molecule has 1 atom stereocenters. The minimum Gasteiger partial charge on any atom is -0.487 e. The number of rotatable bonds is 8. The number of aromatic nitrogens is 3. The zero-order chi connectivity index (χ0) is 28.8. The summed E-state index contributed by atoms with van der Waals surface area (Å²) in [6, 6.07) is 16.1. The Morgan fingerprint density at radius 2 is 2.10 bits per heavy atom. The van der Waals surface area contributed by atoms with Gasteiger partial charge in [0.15, 0.2) is 0 Å². The third-order valence-electron chi connectivity index (χ3n) is 8.24. The van der Waals surface area contributed by atoms with Crippen LogP contribution in [0, 0.1) is 5.82 Å². The summed E-state index contributed by atoms with van der Waals surface area (Å²) in [6.45, 7) is 3.85. The molecule has 1 saturated heterocycles. The highest BCUT2D eigenvalue weighted by molar-refractivity contribution is 6.30. The first kappa shape index (κ1) is 26.9. The van der Waals surface area contributed by atoms with Crippen molar-refractivity contribution in [2.75, 3.05) is 20.3 Å². The van der Waals surface area contributed by atoms with Crippen LogP contribution in [0.3, 0.4) is 0 Å². The molecule has 0 radical (unpaired) electrons. The highest BCUT2D eigenvalue weighted by Crippen LogP contribution is 2.34. The molecule has 2 aliphatic rings. The lowest BCUT2D eigenvalue weighted by Crippen LogP contribution is -2.34. The summed E-state index contributed by atoms with van der Waals surface area (Å²) in [4.78, 5) is 23.2. The number of esters is 1. The summed E-state index contributed by atoms with van der Waals surface area (Å²) in [7, 11) is 1.39. The van der Waals surface area contributed by atoms with Crippen LogP contribution in [0.5, 0.6) is 5.75 Å². The van der Waals surface area contributed by atoms with Crippen molar-refractivity contribution in [2.24, 2.45) is 0 Å². The molecule has 5 aromatic rings. The molecule has 4 heterocycles. The van der Waals surface area contributed by atoms with E-state index in [4.69, 9.17) is 30.8 Å². The third kappa shape index (κ3) is 5.02. The van der Waals surface area contributed by atoms with Gasteiger partial charge in [-0.1, -0.05) is 29.8 Å². The molecule has 2 aliphatic heterocycles. The molecule has 0 spiro atoms. The molecule has 8 nitrogen and oxygen atoms in total. The molecule has 0 saturated carbocycles. The fourth-order valence-corrected chi connectivity index (χ4v) is 6.05. The Morgan fingerprint density at radius 3 is 2.88 bits per heavy atom. The Morgan fingerprint density at radius 1 is 1.21 bits per heavy atom. The van der Waals surface area contributed by atoms with Gasteiger partial charge in [-0.15, -0.1) is 0 Å². The van der Waals surface area contributed by atoms with E-state index < -0.39 is 0 Å². The second kappa shape index (κ2) is 11.1. The molecule has 10 heteroatoms. The number of halogens is 2. The number of benzene rings is 3. The van der Waals surface area contributed by atoms with Crippen molar-refractivity contribution in [2.45, 2.75) is 45.2 Å². The predicted octanol–water partition coefficient (Wildman–Crippen LogP) is 6.02. The van der Waals surface area contributed by atoms with Gasteiger partial charge >= 0.3 is 5.97 Å². The third-order valence-corrected chi connectivity index (χ3v) is 8.48. The van der Waals surface area contributed by atoms with Gasteiger partial charge in [-0.25, -0.2) is 14.2 Å². The van der Waals surface area contributed by atoms with Crippen LogP contribution in [0.15, 0.2) is 54.6 Å². The fraction of sp³-hybridized carbons (Fsp3) is 0.312. The van der Waals surface area contributed by atoms with E-state index >= 15 is 0 Å². The molecule has 0 unspecified atom stereocenters. The van der Waals surface area contributed by atoms with Gasteiger partial charge in [-0.05, 0) is 48.4 Å². The first-order valence-corrected chi connectivity index (χ1v) is 14.4. The SMILES string of the molecule is COC(=O)c1ccc2nc(CN3CCc4[nH]c5c(OCc6ccc(Cl)cc6F)cccc5c4C3)n(C[C@@H]3CCO3)c2c1. The zero-order valence-electron chi connectivity index (χ0n) is 23.2. The van der Waals surface area contributed by atoms with Crippen LogP contribution in [0.2, 0.25) is 5.02 Å². The fourth-order valence-electron chi connectivity index (χ4n) is 5.89. The summed E-state index contributed by atoms with van der Waals surface area (Å²) < 4.78 is 33.3. The summed E-state index contributed by atoms with van der Waals surface area (Å²) >= 11 is 5.90. The van der Waals surface area contributed by atoms with E-state index in [0.29, 0.717) is 35.0 Å². The van der Waals surface area contributed by atoms with Gasteiger partial charge in [-0.2, -0.15) is 0 Å². The minimum absolute atomic E-state index is 0.108. The summed E-state index contributed by atoms with van der Waals surface area (Å²) in [5.41, 5.74) is 6.06. The molecule has 1 fully saturated rings. The van der Waals surface area contributed by atoms with Crippen molar-refractivity contribution in [3.63, 3.8) is 0 Å². The van der Waals surface area contributed by atoms with Crippen molar-refractivity contribution >= 4 is 39.5 Å². The average molecular weight is 589 g/mol. The number of H-pyrrole nitrogens is 1. The van der Waals surface area contributed by atoms with Gasteiger partial charge in [0.2, 0.25) is 0 Å². The van der Waals surface area contributed by atoms with Crippen LogP contribution < -0.4 is 4.74 Å². The lowest BCUT2D eigenvalue weighted by molar-refractivity contribution is -0.0592. The summed E-state index contributed by atoms with van der Waals surface area (Å²) in [5, 5.41) is 1.46. The van der Waals surface area contributed by atoms with E-state index in [0.717, 1.165) is 60.3 Å². The smallest absolute Gasteiger partial charge is 0.337 e. The summed E-state index contributed by atoms with van der Waals surface area (Å²) in [5.74, 6) is 0.884. The topological polar surface area (TPSA) is 81.6 Å².